The van der Waals surface area contributed by atoms with E-state index in [1.807, 2.05) is 0 Å². The van der Waals surface area contributed by atoms with E-state index in [1.54, 1.807) is 20.8 Å². The zero-order valence-corrected chi connectivity index (χ0v) is 14.7. The number of aromatic nitrogens is 1. The molecule has 7 heteroatoms. The van der Waals surface area contributed by atoms with Gasteiger partial charge in [0.05, 0.1) is 33.2 Å². The summed E-state index contributed by atoms with van der Waals surface area (Å²) in [6.07, 6.45) is -0.279. The summed E-state index contributed by atoms with van der Waals surface area (Å²) in [5, 5.41) is 0.939. The number of benzene rings is 1. The van der Waals surface area contributed by atoms with Gasteiger partial charge in [0.2, 0.25) is 11.1 Å². The first-order chi connectivity index (χ1) is 11.3. The van der Waals surface area contributed by atoms with Crippen LogP contribution in [0.2, 0.25) is 10.0 Å². The fourth-order valence-electron chi connectivity index (χ4n) is 2.38. The lowest BCUT2D eigenvalue weighted by Crippen LogP contribution is -2.15. The van der Waals surface area contributed by atoms with Gasteiger partial charge in [-0.05, 0) is 39.0 Å². The van der Waals surface area contributed by atoms with Crippen LogP contribution in [0.15, 0.2) is 27.4 Å². The number of pyridine rings is 1. The molecule has 0 saturated carbocycles. The van der Waals surface area contributed by atoms with E-state index in [9.17, 15) is 9.59 Å². The highest BCUT2D eigenvalue weighted by atomic mass is 35.5. The van der Waals surface area contributed by atoms with Gasteiger partial charge >= 0.3 is 5.97 Å². The van der Waals surface area contributed by atoms with Gasteiger partial charge in [-0.25, -0.2) is 9.78 Å². The summed E-state index contributed by atoms with van der Waals surface area (Å²) in [6, 6.07) is 4.39. The lowest BCUT2D eigenvalue weighted by Gasteiger charge is -2.10. The second-order valence-corrected chi connectivity index (χ2v) is 6.47. The summed E-state index contributed by atoms with van der Waals surface area (Å²) >= 11 is 12.1. The minimum atomic E-state index is -0.541. The van der Waals surface area contributed by atoms with Crippen LogP contribution in [-0.2, 0) is 4.74 Å². The zero-order valence-electron chi connectivity index (χ0n) is 13.1. The maximum atomic E-state index is 12.7. The van der Waals surface area contributed by atoms with E-state index in [2.05, 4.69) is 4.98 Å². The van der Waals surface area contributed by atoms with E-state index < -0.39 is 5.97 Å². The predicted molar refractivity (Wildman–Crippen MR) is 93.1 cm³/mol. The van der Waals surface area contributed by atoms with Crippen LogP contribution in [-0.4, -0.2) is 17.1 Å². The van der Waals surface area contributed by atoms with E-state index in [1.165, 1.54) is 18.2 Å². The lowest BCUT2D eigenvalue weighted by molar-refractivity contribution is 0.0376. The number of rotatable bonds is 2. The van der Waals surface area contributed by atoms with Crippen molar-refractivity contribution in [1.82, 2.24) is 4.98 Å². The van der Waals surface area contributed by atoms with Gasteiger partial charge in [-0.1, -0.05) is 23.2 Å². The highest BCUT2D eigenvalue weighted by Crippen LogP contribution is 2.29. The van der Waals surface area contributed by atoms with Crippen LogP contribution in [0.1, 0.15) is 29.9 Å². The third kappa shape index (κ3) is 2.85. The first-order valence-corrected chi connectivity index (χ1v) is 7.97. The quantitative estimate of drug-likeness (QED) is 0.493. The molecule has 3 aromatic rings. The van der Waals surface area contributed by atoms with E-state index in [4.69, 9.17) is 32.4 Å². The van der Waals surface area contributed by atoms with Crippen molar-refractivity contribution in [1.29, 1.82) is 0 Å². The van der Waals surface area contributed by atoms with Gasteiger partial charge in [-0.3, -0.25) is 4.79 Å². The van der Waals surface area contributed by atoms with Crippen molar-refractivity contribution in [2.45, 2.75) is 26.9 Å². The van der Waals surface area contributed by atoms with E-state index in [-0.39, 0.29) is 44.2 Å². The van der Waals surface area contributed by atoms with Crippen LogP contribution in [0.25, 0.3) is 22.1 Å². The van der Waals surface area contributed by atoms with Crippen LogP contribution in [0.4, 0.5) is 0 Å². The van der Waals surface area contributed by atoms with Crippen molar-refractivity contribution in [2.75, 3.05) is 0 Å². The van der Waals surface area contributed by atoms with Crippen molar-refractivity contribution >= 4 is 51.2 Å². The van der Waals surface area contributed by atoms with Crippen LogP contribution < -0.4 is 5.43 Å². The Labute approximate surface area is 147 Å². The number of halogens is 2. The van der Waals surface area contributed by atoms with Gasteiger partial charge < -0.3 is 9.15 Å². The smallest absolute Gasteiger partial charge is 0.340 e. The number of fused-ring (bicyclic) bond motifs is 2. The molecule has 0 bridgehead atoms. The van der Waals surface area contributed by atoms with Crippen molar-refractivity contribution in [3.05, 3.63) is 49.7 Å². The van der Waals surface area contributed by atoms with Crippen molar-refractivity contribution in [2.24, 2.45) is 0 Å². The summed E-state index contributed by atoms with van der Waals surface area (Å²) in [6.45, 7) is 5.13. The Hall–Kier alpha value is -2.11. The molecule has 2 aromatic heterocycles. The number of carbonyl (C=O) groups excluding carboxylic acids is 1. The molecule has 0 aliphatic heterocycles. The Morgan fingerprint density at radius 1 is 1.21 bits per heavy atom. The molecule has 0 atom stereocenters. The van der Waals surface area contributed by atoms with Crippen molar-refractivity contribution in [3.63, 3.8) is 0 Å². The van der Waals surface area contributed by atoms with Gasteiger partial charge in [0.1, 0.15) is 0 Å². The average Bonchev–Trinajstić information content (AvgIpc) is 2.47. The highest BCUT2D eigenvalue weighted by Gasteiger charge is 2.19. The Bertz CT molecular complexity index is 1040. The second kappa shape index (κ2) is 6.07. The molecule has 24 heavy (non-hydrogen) atoms. The molecule has 124 valence electrons. The minimum Gasteiger partial charge on any atom is -0.459 e. The Morgan fingerprint density at radius 2 is 1.92 bits per heavy atom. The standard InChI is InChI=1S/C17H13Cl2NO4/c1-7(2)23-17(22)10-6-12-14(21)11-4-9(18)5-13(19)15(11)24-16(12)20-8(10)3/h4-7H,1-3H3. The number of esters is 1. The number of aryl methyl sites for hydroxylation is 1. The number of nitrogens with zero attached hydrogens (tertiary/aromatic N) is 1. The van der Waals surface area contributed by atoms with E-state index >= 15 is 0 Å². The molecule has 0 amide bonds. The molecule has 0 aliphatic rings. The summed E-state index contributed by atoms with van der Waals surface area (Å²) in [5.74, 6) is -0.541. The molecule has 5 nitrogen and oxygen atoms in total. The minimum absolute atomic E-state index is 0.107. The average molecular weight is 366 g/mol. The zero-order chi connectivity index (χ0) is 17.6. The van der Waals surface area contributed by atoms with Gasteiger partial charge in [-0.2, -0.15) is 0 Å². The van der Waals surface area contributed by atoms with E-state index in [0.29, 0.717) is 10.7 Å². The van der Waals surface area contributed by atoms with Crippen LogP contribution >= 0.6 is 23.2 Å². The Kier molecular flexibility index (Phi) is 4.24. The largest absolute Gasteiger partial charge is 0.459 e. The van der Waals surface area contributed by atoms with Gasteiger partial charge in [0.25, 0.3) is 0 Å². The second-order valence-electron chi connectivity index (χ2n) is 5.62. The normalized spacial score (nSPS) is 11.4. The number of ether oxygens (including phenoxy) is 1. The van der Waals surface area contributed by atoms with E-state index in [0.717, 1.165) is 0 Å². The van der Waals surface area contributed by atoms with Crippen LogP contribution in [0, 0.1) is 6.92 Å². The van der Waals surface area contributed by atoms with Crippen LogP contribution in [0.5, 0.6) is 0 Å². The molecular formula is C17H13Cl2NO4. The molecule has 3 rings (SSSR count). The van der Waals surface area contributed by atoms with Crippen molar-refractivity contribution in [3.8, 4) is 0 Å². The summed E-state index contributed by atoms with van der Waals surface area (Å²) < 4.78 is 10.8. The molecular weight excluding hydrogens is 353 g/mol. The number of carbonyl (C=O) groups is 1. The van der Waals surface area contributed by atoms with Gasteiger partial charge in [0.15, 0.2) is 5.58 Å². The lowest BCUT2D eigenvalue weighted by atomic mass is 10.1. The molecule has 0 aliphatic carbocycles. The Balaban J connectivity index is 2.33. The molecule has 0 spiro atoms. The number of hydrogen-bond acceptors (Lipinski definition) is 5. The highest BCUT2D eigenvalue weighted by molar-refractivity contribution is 6.38. The summed E-state index contributed by atoms with van der Waals surface area (Å²) in [4.78, 5) is 29.1. The van der Waals surface area contributed by atoms with Crippen LogP contribution in [0.3, 0.4) is 0 Å². The molecule has 2 heterocycles. The number of hydrogen-bond donors (Lipinski definition) is 0. The summed E-state index contributed by atoms with van der Waals surface area (Å²) in [5.41, 5.74) is 0.580. The molecule has 0 unspecified atom stereocenters. The maximum absolute atomic E-state index is 12.7. The van der Waals surface area contributed by atoms with Crippen molar-refractivity contribution < 1.29 is 13.9 Å². The SMILES string of the molecule is Cc1nc2oc3c(Cl)cc(Cl)cc3c(=O)c2cc1C(=O)OC(C)C. The maximum Gasteiger partial charge on any atom is 0.340 e. The molecule has 0 N–H and O–H groups in total. The fourth-order valence-corrected chi connectivity index (χ4v) is 2.91. The molecule has 0 saturated heterocycles. The predicted octanol–water partition coefficient (Wildman–Crippen LogP) is 4.52. The molecule has 1 aromatic carbocycles. The summed E-state index contributed by atoms with van der Waals surface area (Å²) in [7, 11) is 0. The third-order valence-electron chi connectivity index (χ3n) is 3.44. The molecule has 0 fully saturated rings. The van der Waals surface area contributed by atoms with Gasteiger partial charge in [0, 0.05) is 5.02 Å². The fraction of sp³-hybridized carbons (Fsp3) is 0.235. The monoisotopic (exact) mass is 365 g/mol. The van der Waals surface area contributed by atoms with Gasteiger partial charge in [-0.15, -0.1) is 0 Å². The first-order valence-electron chi connectivity index (χ1n) is 7.22. The Morgan fingerprint density at radius 3 is 2.58 bits per heavy atom. The topological polar surface area (TPSA) is 69.4 Å². The molecule has 0 radical (unpaired) electrons. The third-order valence-corrected chi connectivity index (χ3v) is 3.94. The first kappa shape index (κ1) is 16.7.